The van der Waals surface area contributed by atoms with Gasteiger partial charge in [-0.2, -0.15) is 0 Å². The number of rotatable bonds is 6. The summed E-state index contributed by atoms with van der Waals surface area (Å²) in [5.74, 6) is 0.949. The number of fused-ring (bicyclic) bond motifs is 1. The Morgan fingerprint density at radius 1 is 1.11 bits per heavy atom. The largest absolute Gasteiger partial charge is 0.455 e. The Morgan fingerprint density at radius 2 is 1.84 bits per heavy atom. The molecule has 0 aliphatic rings. The van der Waals surface area contributed by atoms with Crippen molar-refractivity contribution in [2.45, 2.75) is 27.7 Å². The molecule has 0 fully saturated rings. The molecule has 192 valence electrons. The highest BCUT2D eigenvalue weighted by Crippen LogP contribution is 2.38. The van der Waals surface area contributed by atoms with E-state index in [2.05, 4.69) is 22.1 Å². The van der Waals surface area contributed by atoms with Crippen molar-refractivity contribution in [2.24, 2.45) is 0 Å². The number of carbonyl (C=O) groups is 1. The molecule has 5 aromatic rings. The number of hydrogen-bond donors (Lipinski definition) is 1. The van der Waals surface area contributed by atoms with Gasteiger partial charge in [-0.1, -0.05) is 6.58 Å². The van der Waals surface area contributed by atoms with Gasteiger partial charge in [0.05, 0.1) is 16.0 Å². The third kappa shape index (κ3) is 4.61. The number of ether oxygens (including phenoxy) is 1. The molecule has 38 heavy (non-hydrogen) atoms. The number of aryl methyl sites for hydroxylation is 4. The molecule has 0 spiro atoms. The van der Waals surface area contributed by atoms with E-state index in [1.54, 1.807) is 58.2 Å². The number of benzene rings is 2. The predicted octanol–water partition coefficient (Wildman–Crippen LogP) is 6.39. The molecule has 0 saturated heterocycles. The quantitative estimate of drug-likeness (QED) is 0.255. The lowest BCUT2D eigenvalue weighted by atomic mass is 10.1. The van der Waals surface area contributed by atoms with Crippen LogP contribution in [0.2, 0.25) is 0 Å². The number of anilines is 1. The van der Waals surface area contributed by atoms with E-state index in [9.17, 15) is 14.0 Å². The Hall–Kier alpha value is -4.57. The standard InChI is InChI=1S/C28H23FN4O4S/c1-6-24(34)30-19-7-8-22(37-26-14(2)9-18(29)10-15(26)3)21(11-19)33-13-16(4)25(35)20-12-23(38-28(20)33)27-32-31-17(5)36-27/h6-13H,1H2,2-5H3,(H,30,34). The Labute approximate surface area is 221 Å². The van der Waals surface area contributed by atoms with E-state index < -0.39 is 0 Å². The van der Waals surface area contributed by atoms with Crippen molar-refractivity contribution in [1.29, 1.82) is 0 Å². The van der Waals surface area contributed by atoms with E-state index in [-0.39, 0.29) is 17.2 Å². The maximum Gasteiger partial charge on any atom is 0.257 e. The minimum absolute atomic E-state index is 0.126. The van der Waals surface area contributed by atoms with Crippen molar-refractivity contribution in [3.05, 3.63) is 93.9 Å². The van der Waals surface area contributed by atoms with Gasteiger partial charge in [0, 0.05) is 24.4 Å². The lowest BCUT2D eigenvalue weighted by Crippen LogP contribution is -2.11. The topological polar surface area (TPSA) is 99.2 Å². The molecule has 2 aromatic carbocycles. The van der Waals surface area contributed by atoms with Crippen LogP contribution in [0.15, 0.2) is 64.5 Å². The molecule has 3 heterocycles. The van der Waals surface area contributed by atoms with E-state index in [1.807, 2.05) is 4.57 Å². The Balaban J connectivity index is 1.75. The highest BCUT2D eigenvalue weighted by molar-refractivity contribution is 7.21. The summed E-state index contributed by atoms with van der Waals surface area (Å²) in [4.78, 5) is 26.4. The van der Waals surface area contributed by atoms with Crippen molar-refractivity contribution >= 4 is 33.1 Å². The summed E-state index contributed by atoms with van der Waals surface area (Å²) in [5, 5.41) is 11.2. The molecular weight excluding hydrogens is 507 g/mol. The van der Waals surface area contributed by atoms with E-state index in [1.165, 1.54) is 29.5 Å². The molecular formula is C28H23FN4O4S. The summed E-state index contributed by atoms with van der Waals surface area (Å²) in [6.45, 7) is 10.5. The van der Waals surface area contributed by atoms with Crippen LogP contribution in [-0.2, 0) is 4.79 Å². The SMILES string of the molecule is C=CC(=O)Nc1ccc(Oc2c(C)cc(F)cc2C)c(-n2cc(C)c(=O)c3cc(-c4nnc(C)o4)sc32)c1. The zero-order valence-corrected chi connectivity index (χ0v) is 21.9. The fraction of sp³-hybridized carbons (Fsp3) is 0.143. The fourth-order valence-electron chi connectivity index (χ4n) is 4.16. The van der Waals surface area contributed by atoms with E-state index in [4.69, 9.17) is 9.15 Å². The molecule has 10 heteroatoms. The van der Waals surface area contributed by atoms with Gasteiger partial charge in [0.15, 0.2) is 11.2 Å². The zero-order chi connectivity index (χ0) is 27.1. The van der Waals surface area contributed by atoms with Crippen LogP contribution in [-0.4, -0.2) is 20.7 Å². The molecule has 0 aliphatic heterocycles. The monoisotopic (exact) mass is 530 g/mol. The van der Waals surface area contributed by atoms with Crippen LogP contribution in [0.25, 0.3) is 26.7 Å². The number of thiophene rings is 1. The van der Waals surface area contributed by atoms with E-state index in [0.29, 0.717) is 66.4 Å². The van der Waals surface area contributed by atoms with Crippen LogP contribution < -0.4 is 15.5 Å². The first-order chi connectivity index (χ1) is 18.1. The molecule has 0 saturated carbocycles. The highest BCUT2D eigenvalue weighted by atomic mass is 32.1. The minimum Gasteiger partial charge on any atom is -0.455 e. The number of nitrogens with zero attached hydrogens (tertiary/aromatic N) is 3. The maximum absolute atomic E-state index is 13.9. The number of carbonyl (C=O) groups excluding carboxylic acids is 1. The van der Waals surface area contributed by atoms with Gasteiger partial charge < -0.3 is 19.0 Å². The lowest BCUT2D eigenvalue weighted by molar-refractivity contribution is -0.111. The summed E-state index contributed by atoms with van der Waals surface area (Å²) >= 11 is 1.31. The number of aromatic nitrogens is 3. The smallest absolute Gasteiger partial charge is 0.257 e. The Kier molecular flexibility index (Phi) is 6.41. The molecule has 8 nitrogen and oxygen atoms in total. The van der Waals surface area contributed by atoms with Crippen molar-refractivity contribution in [2.75, 3.05) is 5.32 Å². The zero-order valence-electron chi connectivity index (χ0n) is 21.1. The van der Waals surface area contributed by atoms with Crippen LogP contribution in [0.5, 0.6) is 11.5 Å². The normalized spacial score (nSPS) is 11.1. The second kappa shape index (κ2) is 9.71. The second-order valence-corrected chi connectivity index (χ2v) is 9.84. The molecule has 0 aliphatic carbocycles. The number of hydrogen-bond acceptors (Lipinski definition) is 7. The van der Waals surface area contributed by atoms with Crippen molar-refractivity contribution in [3.8, 4) is 28.0 Å². The average Bonchev–Trinajstić information content (AvgIpc) is 3.51. The first kappa shape index (κ1) is 25.1. The van der Waals surface area contributed by atoms with E-state index >= 15 is 0 Å². The van der Waals surface area contributed by atoms with Crippen LogP contribution in [0, 0.1) is 33.5 Å². The van der Waals surface area contributed by atoms with Crippen LogP contribution in [0.1, 0.15) is 22.6 Å². The third-order valence-electron chi connectivity index (χ3n) is 5.90. The molecule has 1 N–H and O–H groups in total. The lowest BCUT2D eigenvalue weighted by Gasteiger charge is -2.19. The van der Waals surface area contributed by atoms with Gasteiger partial charge in [-0.3, -0.25) is 9.59 Å². The average molecular weight is 531 g/mol. The van der Waals surface area contributed by atoms with Gasteiger partial charge in [0.2, 0.25) is 11.8 Å². The molecule has 0 unspecified atom stereocenters. The number of halogens is 1. The number of nitrogens with one attached hydrogen (secondary N) is 1. The van der Waals surface area contributed by atoms with Crippen LogP contribution in [0.3, 0.4) is 0 Å². The minimum atomic E-state index is -0.374. The number of pyridine rings is 1. The highest BCUT2D eigenvalue weighted by Gasteiger charge is 2.20. The Morgan fingerprint density at radius 3 is 2.50 bits per heavy atom. The molecule has 5 rings (SSSR count). The van der Waals surface area contributed by atoms with Crippen molar-refractivity contribution in [1.82, 2.24) is 14.8 Å². The predicted molar refractivity (Wildman–Crippen MR) is 145 cm³/mol. The van der Waals surface area contributed by atoms with Crippen molar-refractivity contribution < 1.29 is 18.3 Å². The maximum atomic E-state index is 13.9. The molecule has 3 aromatic heterocycles. The molecule has 0 atom stereocenters. The first-order valence-corrected chi connectivity index (χ1v) is 12.4. The molecule has 0 radical (unpaired) electrons. The van der Waals surface area contributed by atoms with Crippen LogP contribution in [0.4, 0.5) is 10.1 Å². The molecule has 0 bridgehead atoms. The summed E-state index contributed by atoms with van der Waals surface area (Å²) in [6, 6.07) is 9.69. The number of amides is 1. The first-order valence-electron chi connectivity index (χ1n) is 11.6. The van der Waals surface area contributed by atoms with Gasteiger partial charge in [-0.25, -0.2) is 4.39 Å². The third-order valence-corrected chi connectivity index (χ3v) is 7.02. The summed E-state index contributed by atoms with van der Waals surface area (Å²) in [5.41, 5.74) is 2.69. The van der Waals surface area contributed by atoms with Gasteiger partial charge in [0.1, 0.15) is 16.4 Å². The summed E-state index contributed by atoms with van der Waals surface area (Å²) in [6.07, 6.45) is 2.89. The van der Waals surface area contributed by atoms with Crippen LogP contribution >= 0.6 is 11.3 Å². The second-order valence-electron chi connectivity index (χ2n) is 8.81. The van der Waals surface area contributed by atoms with E-state index in [0.717, 1.165) is 0 Å². The summed E-state index contributed by atoms with van der Waals surface area (Å²) in [7, 11) is 0. The van der Waals surface area contributed by atoms with Gasteiger partial charge >= 0.3 is 0 Å². The summed E-state index contributed by atoms with van der Waals surface area (Å²) < 4.78 is 27.7. The Bertz CT molecular complexity index is 1780. The van der Waals surface area contributed by atoms with Gasteiger partial charge in [-0.05, 0) is 74.4 Å². The fourth-order valence-corrected chi connectivity index (χ4v) is 5.22. The van der Waals surface area contributed by atoms with Crippen molar-refractivity contribution in [3.63, 3.8) is 0 Å². The van der Waals surface area contributed by atoms with Gasteiger partial charge in [0.25, 0.3) is 5.89 Å². The molecule has 1 amide bonds. The van der Waals surface area contributed by atoms with Gasteiger partial charge in [-0.15, -0.1) is 21.5 Å².